The van der Waals surface area contributed by atoms with E-state index in [2.05, 4.69) is 11.9 Å². The number of hydrogen-bond donors (Lipinski definition) is 0. The SMILES string of the molecule is CCCCCCCCCCC1Cc2c(nc(OCc3ccccc3)oc2=O)S1. The smallest absolute Gasteiger partial charge is 0.397 e. The lowest BCUT2D eigenvalue weighted by atomic mass is 10.0. The summed E-state index contributed by atoms with van der Waals surface area (Å²) in [6.07, 6.45) is 12.6. The van der Waals surface area contributed by atoms with Crippen LogP contribution in [0.5, 0.6) is 6.08 Å². The van der Waals surface area contributed by atoms with Gasteiger partial charge in [-0.15, -0.1) is 11.8 Å². The molecule has 0 radical (unpaired) electrons. The summed E-state index contributed by atoms with van der Waals surface area (Å²) < 4.78 is 10.9. The van der Waals surface area contributed by atoms with E-state index in [1.54, 1.807) is 11.8 Å². The molecule has 1 atom stereocenters. The molecular formula is C23H31NO3S. The number of hydrogen-bond acceptors (Lipinski definition) is 5. The minimum atomic E-state index is -0.293. The minimum absolute atomic E-state index is 0.0767. The molecule has 1 aromatic heterocycles. The van der Waals surface area contributed by atoms with Crippen molar-refractivity contribution in [2.24, 2.45) is 0 Å². The van der Waals surface area contributed by atoms with Gasteiger partial charge in [-0.1, -0.05) is 88.6 Å². The Morgan fingerprint density at radius 3 is 2.54 bits per heavy atom. The molecule has 2 aromatic rings. The van der Waals surface area contributed by atoms with Crippen LogP contribution >= 0.6 is 11.8 Å². The number of thioether (sulfide) groups is 1. The van der Waals surface area contributed by atoms with E-state index in [4.69, 9.17) is 9.15 Å². The number of nitrogens with zero attached hydrogens (tertiary/aromatic N) is 1. The maximum atomic E-state index is 12.3. The maximum Gasteiger partial charge on any atom is 0.397 e. The summed E-state index contributed by atoms with van der Waals surface area (Å²) in [6, 6.07) is 9.81. The molecule has 0 N–H and O–H groups in total. The van der Waals surface area contributed by atoms with Crippen molar-refractivity contribution in [3.8, 4) is 6.08 Å². The third-order valence-corrected chi connectivity index (χ3v) is 6.47. The minimum Gasteiger partial charge on any atom is -0.445 e. The molecule has 28 heavy (non-hydrogen) atoms. The van der Waals surface area contributed by atoms with Gasteiger partial charge in [-0.05, 0) is 18.4 Å². The highest BCUT2D eigenvalue weighted by atomic mass is 32.2. The van der Waals surface area contributed by atoms with Crippen molar-refractivity contribution in [1.82, 2.24) is 4.98 Å². The van der Waals surface area contributed by atoms with Gasteiger partial charge in [-0.25, -0.2) is 4.79 Å². The molecule has 0 aliphatic carbocycles. The molecule has 0 saturated heterocycles. The van der Waals surface area contributed by atoms with Crippen molar-refractivity contribution in [3.63, 3.8) is 0 Å². The Balaban J connectivity index is 1.41. The number of benzene rings is 1. The monoisotopic (exact) mass is 401 g/mol. The largest absolute Gasteiger partial charge is 0.445 e. The molecule has 1 unspecified atom stereocenters. The third-order valence-electron chi connectivity index (χ3n) is 5.17. The Morgan fingerprint density at radius 1 is 1.07 bits per heavy atom. The lowest BCUT2D eigenvalue weighted by molar-refractivity contribution is 0.199. The van der Waals surface area contributed by atoms with E-state index in [1.165, 1.54) is 51.4 Å². The quantitative estimate of drug-likeness (QED) is 0.399. The second-order valence-electron chi connectivity index (χ2n) is 7.53. The summed E-state index contributed by atoms with van der Waals surface area (Å²) in [4.78, 5) is 16.7. The molecule has 0 fully saturated rings. The van der Waals surface area contributed by atoms with E-state index in [1.807, 2.05) is 30.3 Å². The molecule has 0 bridgehead atoms. The van der Waals surface area contributed by atoms with E-state index in [0.29, 0.717) is 11.9 Å². The first-order valence-corrected chi connectivity index (χ1v) is 11.5. The van der Waals surface area contributed by atoms with Gasteiger partial charge >= 0.3 is 11.7 Å². The van der Waals surface area contributed by atoms with Crippen LogP contribution in [-0.2, 0) is 13.0 Å². The average molecular weight is 402 g/mol. The molecule has 1 aliphatic heterocycles. The third kappa shape index (κ3) is 6.40. The molecular weight excluding hydrogens is 370 g/mol. The fraction of sp³-hybridized carbons (Fsp3) is 0.565. The highest BCUT2D eigenvalue weighted by Gasteiger charge is 2.28. The number of rotatable bonds is 12. The van der Waals surface area contributed by atoms with E-state index >= 15 is 0 Å². The zero-order valence-electron chi connectivity index (χ0n) is 16.8. The Hall–Kier alpha value is -1.75. The second-order valence-corrected chi connectivity index (χ2v) is 8.82. The molecule has 3 rings (SSSR count). The van der Waals surface area contributed by atoms with Crippen molar-refractivity contribution in [1.29, 1.82) is 0 Å². The predicted molar refractivity (Wildman–Crippen MR) is 114 cm³/mol. The van der Waals surface area contributed by atoms with Crippen LogP contribution in [0, 0.1) is 0 Å². The van der Waals surface area contributed by atoms with Crippen LogP contribution in [0.4, 0.5) is 0 Å². The first kappa shape index (κ1) is 21.0. The fourth-order valence-corrected chi connectivity index (χ4v) is 4.83. The second kappa shape index (κ2) is 11.3. The van der Waals surface area contributed by atoms with Gasteiger partial charge in [0.2, 0.25) is 0 Å². The topological polar surface area (TPSA) is 52.3 Å². The predicted octanol–water partition coefficient (Wildman–Crippen LogP) is 6.16. The number of ether oxygens (including phenoxy) is 1. The van der Waals surface area contributed by atoms with Crippen molar-refractivity contribution in [2.45, 2.75) is 88.0 Å². The maximum absolute atomic E-state index is 12.3. The Morgan fingerprint density at radius 2 is 1.79 bits per heavy atom. The highest BCUT2D eigenvalue weighted by molar-refractivity contribution is 8.00. The van der Waals surface area contributed by atoms with E-state index in [-0.39, 0.29) is 11.7 Å². The van der Waals surface area contributed by atoms with E-state index in [9.17, 15) is 4.79 Å². The van der Waals surface area contributed by atoms with Gasteiger partial charge in [0.15, 0.2) is 0 Å². The first-order valence-electron chi connectivity index (χ1n) is 10.6. The van der Waals surface area contributed by atoms with Crippen LogP contribution in [0.3, 0.4) is 0 Å². The lowest BCUT2D eigenvalue weighted by Gasteiger charge is -2.07. The van der Waals surface area contributed by atoms with Crippen LogP contribution < -0.4 is 10.4 Å². The van der Waals surface area contributed by atoms with Gasteiger partial charge in [-0.3, -0.25) is 0 Å². The normalized spacial score (nSPS) is 15.5. The molecule has 0 amide bonds. The molecule has 1 aromatic carbocycles. The summed E-state index contributed by atoms with van der Waals surface area (Å²) in [5, 5.41) is 1.23. The molecule has 0 spiro atoms. The van der Waals surface area contributed by atoms with Gasteiger partial charge in [0.25, 0.3) is 0 Å². The zero-order valence-corrected chi connectivity index (χ0v) is 17.6. The van der Waals surface area contributed by atoms with Crippen molar-refractivity contribution >= 4 is 11.8 Å². The average Bonchev–Trinajstić information content (AvgIpc) is 3.13. The van der Waals surface area contributed by atoms with Gasteiger partial charge < -0.3 is 9.15 Å². The fourth-order valence-electron chi connectivity index (χ4n) is 3.54. The molecule has 152 valence electrons. The van der Waals surface area contributed by atoms with Gasteiger partial charge in [0.05, 0.1) is 5.56 Å². The van der Waals surface area contributed by atoms with Gasteiger partial charge in [0, 0.05) is 5.25 Å². The van der Waals surface area contributed by atoms with Gasteiger partial charge in [0.1, 0.15) is 11.6 Å². The number of aromatic nitrogens is 1. The zero-order chi connectivity index (χ0) is 19.6. The standard InChI is InChI=1S/C23H31NO3S/c1-2-3-4-5-6-7-8-12-15-19-16-20-21(28-19)24-23(27-22(20)25)26-17-18-13-10-9-11-14-18/h9-11,13-14,19H,2-8,12,15-17H2,1H3. The summed E-state index contributed by atoms with van der Waals surface area (Å²) in [6.45, 7) is 2.60. The summed E-state index contributed by atoms with van der Waals surface area (Å²) >= 11 is 1.71. The summed E-state index contributed by atoms with van der Waals surface area (Å²) in [5.41, 5.74) is 1.45. The van der Waals surface area contributed by atoms with Crippen LogP contribution in [0.25, 0.3) is 0 Å². The van der Waals surface area contributed by atoms with Crippen LogP contribution in [0.15, 0.2) is 44.6 Å². The molecule has 4 nitrogen and oxygen atoms in total. The van der Waals surface area contributed by atoms with Crippen molar-refractivity contribution in [2.75, 3.05) is 0 Å². The van der Waals surface area contributed by atoms with Crippen molar-refractivity contribution in [3.05, 3.63) is 51.9 Å². The highest BCUT2D eigenvalue weighted by Crippen LogP contribution is 2.37. The van der Waals surface area contributed by atoms with Crippen LogP contribution in [0.1, 0.15) is 75.8 Å². The lowest BCUT2D eigenvalue weighted by Crippen LogP contribution is -2.11. The number of fused-ring (bicyclic) bond motifs is 1. The first-order chi connectivity index (χ1) is 13.8. The summed E-state index contributed by atoms with van der Waals surface area (Å²) in [5.74, 6) is 0. The van der Waals surface area contributed by atoms with Crippen molar-refractivity contribution < 1.29 is 9.15 Å². The Bertz CT molecular complexity index is 775. The Labute approximate surface area is 172 Å². The Kier molecular flexibility index (Phi) is 8.46. The van der Waals surface area contributed by atoms with Crippen LogP contribution in [0.2, 0.25) is 0 Å². The molecule has 1 aliphatic rings. The van der Waals surface area contributed by atoms with E-state index < -0.39 is 0 Å². The molecule has 5 heteroatoms. The van der Waals surface area contributed by atoms with Crippen LogP contribution in [-0.4, -0.2) is 10.2 Å². The molecule has 0 saturated carbocycles. The van der Waals surface area contributed by atoms with Gasteiger partial charge in [-0.2, -0.15) is 4.98 Å². The summed E-state index contributed by atoms with van der Waals surface area (Å²) in [7, 11) is 0. The van der Waals surface area contributed by atoms with E-state index in [0.717, 1.165) is 29.0 Å². The number of unbranched alkanes of at least 4 members (excludes halogenated alkanes) is 7. The molecule has 2 heterocycles.